The molecule has 2 rings (SSSR count). The molecule has 1 aliphatic rings. The zero-order chi connectivity index (χ0) is 13.0. The van der Waals surface area contributed by atoms with Crippen LogP contribution >= 0.6 is 0 Å². The first-order valence-corrected chi connectivity index (χ1v) is 5.76. The lowest BCUT2D eigenvalue weighted by Crippen LogP contribution is -2.52. The highest BCUT2D eigenvalue weighted by atomic mass is 16.5. The first-order valence-electron chi connectivity index (χ1n) is 5.76. The molecule has 2 heterocycles. The largest absolute Gasteiger partial charge is 0.375 e. The summed E-state index contributed by atoms with van der Waals surface area (Å²) >= 11 is 0. The maximum atomic E-state index is 12.0. The number of ether oxygens (including phenoxy) is 1. The lowest BCUT2D eigenvalue weighted by atomic mass is 10.3. The molecule has 18 heavy (non-hydrogen) atoms. The van der Waals surface area contributed by atoms with Gasteiger partial charge in [-0.3, -0.25) is 9.36 Å². The van der Waals surface area contributed by atoms with Crippen LogP contribution in [0.2, 0.25) is 0 Å². The van der Waals surface area contributed by atoms with E-state index in [4.69, 9.17) is 4.74 Å². The van der Waals surface area contributed by atoms with Crippen molar-refractivity contribution in [2.45, 2.75) is 0 Å². The third-order valence-electron chi connectivity index (χ3n) is 2.90. The molecule has 0 aliphatic carbocycles. The standard InChI is InChI=1S/C11H16N4O3/c1-18-8-10(16)13-4-6-14(7-5-13)11(17)15-3-2-12-9-15/h2-3,9H,4-8H2,1H3. The molecule has 7 heteroatoms. The number of aromatic nitrogens is 2. The molecule has 0 radical (unpaired) electrons. The fourth-order valence-electron chi connectivity index (χ4n) is 1.90. The van der Waals surface area contributed by atoms with Crippen LogP contribution in [-0.2, 0) is 9.53 Å². The SMILES string of the molecule is COCC(=O)N1CCN(C(=O)n2ccnc2)CC1. The van der Waals surface area contributed by atoms with Gasteiger partial charge in [0.1, 0.15) is 12.9 Å². The maximum Gasteiger partial charge on any atom is 0.329 e. The molecule has 1 aromatic rings. The highest BCUT2D eigenvalue weighted by Gasteiger charge is 2.24. The van der Waals surface area contributed by atoms with E-state index in [2.05, 4.69) is 4.98 Å². The van der Waals surface area contributed by atoms with Gasteiger partial charge in [-0.05, 0) is 0 Å². The van der Waals surface area contributed by atoms with Crippen molar-refractivity contribution in [1.29, 1.82) is 0 Å². The van der Waals surface area contributed by atoms with Gasteiger partial charge >= 0.3 is 6.03 Å². The Labute approximate surface area is 105 Å². The lowest BCUT2D eigenvalue weighted by Gasteiger charge is -2.34. The fraction of sp³-hybridized carbons (Fsp3) is 0.545. The van der Waals surface area contributed by atoms with Crippen molar-refractivity contribution >= 4 is 11.9 Å². The Morgan fingerprint density at radius 3 is 2.44 bits per heavy atom. The fourth-order valence-corrected chi connectivity index (χ4v) is 1.90. The second kappa shape index (κ2) is 5.63. The van der Waals surface area contributed by atoms with Crippen molar-refractivity contribution in [3.8, 4) is 0 Å². The summed E-state index contributed by atoms with van der Waals surface area (Å²) < 4.78 is 6.24. The van der Waals surface area contributed by atoms with E-state index in [9.17, 15) is 9.59 Å². The van der Waals surface area contributed by atoms with Crippen LogP contribution in [0.15, 0.2) is 18.7 Å². The number of nitrogens with zero attached hydrogens (tertiary/aromatic N) is 4. The van der Waals surface area contributed by atoms with Gasteiger partial charge in [0, 0.05) is 45.7 Å². The molecule has 1 fully saturated rings. The second-order valence-electron chi connectivity index (χ2n) is 4.05. The topological polar surface area (TPSA) is 67.7 Å². The summed E-state index contributed by atoms with van der Waals surface area (Å²) in [5.74, 6) is -0.0350. The average molecular weight is 252 g/mol. The minimum absolute atomic E-state index is 0.0350. The molecule has 0 saturated carbocycles. The van der Waals surface area contributed by atoms with Crippen molar-refractivity contribution in [1.82, 2.24) is 19.4 Å². The molecule has 0 spiro atoms. The van der Waals surface area contributed by atoms with E-state index in [0.29, 0.717) is 26.2 Å². The smallest absolute Gasteiger partial charge is 0.329 e. The van der Waals surface area contributed by atoms with E-state index in [1.165, 1.54) is 18.0 Å². The van der Waals surface area contributed by atoms with Crippen molar-refractivity contribution in [2.75, 3.05) is 39.9 Å². The zero-order valence-corrected chi connectivity index (χ0v) is 10.3. The van der Waals surface area contributed by atoms with E-state index in [-0.39, 0.29) is 18.5 Å². The van der Waals surface area contributed by atoms with Gasteiger partial charge in [-0.25, -0.2) is 9.78 Å². The molecule has 7 nitrogen and oxygen atoms in total. The lowest BCUT2D eigenvalue weighted by molar-refractivity contribution is -0.136. The minimum Gasteiger partial charge on any atom is -0.375 e. The molecular weight excluding hydrogens is 236 g/mol. The number of imidazole rings is 1. The number of methoxy groups -OCH3 is 1. The van der Waals surface area contributed by atoms with Gasteiger partial charge in [0.05, 0.1) is 0 Å². The molecule has 1 aromatic heterocycles. The third kappa shape index (κ3) is 2.67. The first-order chi connectivity index (χ1) is 8.72. The van der Waals surface area contributed by atoms with Crippen LogP contribution in [0.25, 0.3) is 0 Å². The summed E-state index contributed by atoms with van der Waals surface area (Å²) in [7, 11) is 1.50. The van der Waals surface area contributed by atoms with Crippen molar-refractivity contribution in [2.24, 2.45) is 0 Å². The van der Waals surface area contributed by atoms with E-state index in [1.807, 2.05) is 0 Å². The number of rotatable bonds is 2. The number of piperazine rings is 1. The van der Waals surface area contributed by atoms with Gasteiger partial charge in [-0.2, -0.15) is 0 Å². The Balaban J connectivity index is 1.87. The summed E-state index contributed by atoms with van der Waals surface area (Å²) in [4.78, 5) is 30.8. The van der Waals surface area contributed by atoms with Crippen LogP contribution in [0.3, 0.4) is 0 Å². The van der Waals surface area contributed by atoms with Crippen LogP contribution in [0, 0.1) is 0 Å². The second-order valence-corrected chi connectivity index (χ2v) is 4.05. The molecule has 0 N–H and O–H groups in total. The first kappa shape index (κ1) is 12.6. The third-order valence-corrected chi connectivity index (χ3v) is 2.90. The highest BCUT2D eigenvalue weighted by Crippen LogP contribution is 2.05. The van der Waals surface area contributed by atoms with E-state index < -0.39 is 0 Å². The normalized spacial score (nSPS) is 15.8. The molecule has 98 valence electrons. The number of hydrogen-bond donors (Lipinski definition) is 0. The highest BCUT2D eigenvalue weighted by molar-refractivity contribution is 5.79. The Morgan fingerprint density at radius 2 is 1.89 bits per heavy atom. The Bertz CT molecular complexity index is 410. The maximum absolute atomic E-state index is 12.0. The molecule has 1 saturated heterocycles. The molecule has 2 amide bonds. The van der Waals surface area contributed by atoms with E-state index >= 15 is 0 Å². The Kier molecular flexibility index (Phi) is 3.93. The van der Waals surface area contributed by atoms with Gasteiger partial charge in [-0.1, -0.05) is 0 Å². The van der Waals surface area contributed by atoms with Gasteiger partial charge in [0.15, 0.2) is 0 Å². The molecule has 1 aliphatic heterocycles. The number of carbonyl (C=O) groups is 2. The summed E-state index contributed by atoms with van der Waals surface area (Å²) in [6.45, 7) is 2.25. The number of carbonyl (C=O) groups excluding carboxylic acids is 2. The average Bonchev–Trinajstić information content (AvgIpc) is 2.92. The summed E-state index contributed by atoms with van der Waals surface area (Å²) in [5.41, 5.74) is 0. The van der Waals surface area contributed by atoms with Gasteiger partial charge in [-0.15, -0.1) is 0 Å². The summed E-state index contributed by atoms with van der Waals surface area (Å²) in [5, 5.41) is 0. The minimum atomic E-state index is -0.105. The molecular formula is C11H16N4O3. The van der Waals surface area contributed by atoms with E-state index in [1.54, 1.807) is 22.2 Å². The molecule has 0 aromatic carbocycles. The zero-order valence-electron chi connectivity index (χ0n) is 10.3. The van der Waals surface area contributed by atoms with Gasteiger partial charge < -0.3 is 14.5 Å². The van der Waals surface area contributed by atoms with Crippen LogP contribution in [0.5, 0.6) is 0 Å². The number of amides is 2. The molecule has 0 unspecified atom stereocenters. The van der Waals surface area contributed by atoms with Crippen molar-refractivity contribution < 1.29 is 14.3 Å². The molecule has 0 atom stereocenters. The summed E-state index contributed by atoms with van der Waals surface area (Å²) in [6, 6.07) is -0.105. The molecule has 0 bridgehead atoms. The predicted octanol–water partition coefficient (Wildman–Crippen LogP) is -0.358. The Hall–Kier alpha value is -1.89. The van der Waals surface area contributed by atoms with Crippen molar-refractivity contribution in [3.63, 3.8) is 0 Å². The van der Waals surface area contributed by atoms with Crippen molar-refractivity contribution in [3.05, 3.63) is 18.7 Å². The Morgan fingerprint density at radius 1 is 1.22 bits per heavy atom. The van der Waals surface area contributed by atoms with Crippen LogP contribution in [-0.4, -0.2) is 71.2 Å². The predicted molar refractivity (Wildman–Crippen MR) is 63.1 cm³/mol. The quantitative estimate of drug-likeness (QED) is 0.721. The van der Waals surface area contributed by atoms with Crippen LogP contribution in [0.1, 0.15) is 0 Å². The van der Waals surface area contributed by atoms with Gasteiger partial charge in [0.2, 0.25) is 5.91 Å². The van der Waals surface area contributed by atoms with E-state index in [0.717, 1.165) is 0 Å². The number of hydrogen-bond acceptors (Lipinski definition) is 4. The van der Waals surface area contributed by atoms with Gasteiger partial charge in [0.25, 0.3) is 0 Å². The monoisotopic (exact) mass is 252 g/mol. The van der Waals surface area contributed by atoms with Crippen LogP contribution < -0.4 is 0 Å². The summed E-state index contributed by atoms with van der Waals surface area (Å²) in [6.07, 6.45) is 4.66. The van der Waals surface area contributed by atoms with Crippen LogP contribution in [0.4, 0.5) is 4.79 Å².